The third-order valence-electron chi connectivity index (χ3n) is 6.22. The average molecular weight is 454 g/mol. The number of hydrogen-bond donors (Lipinski definition) is 0. The van der Waals surface area contributed by atoms with E-state index in [1.807, 2.05) is 0 Å². The van der Waals surface area contributed by atoms with Crippen LogP contribution in [0, 0.1) is 0 Å². The molecular weight excluding hydrogens is 428 g/mol. The summed E-state index contributed by atoms with van der Waals surface area (Å²) in [4.78, 5) is 0. The molecule has 3 aromatic carbocycles. The van der Waals surface area contributed by atoms with Crippen molar-refractivity contribution in [1.29, 1.82) is 0 Å². The molecule has 3 aromatic rings. The Bertz CT molecular complexity index is 1090. The van der Waals surface area contributed by atoms with Gasteiger partial charge in [0.05, 0.1) is 0 Å². The van der Waals surface area contributed by atoms with Gasteiger partial charge in [-0.25, -0.2) is 0 Å². The first kappa shape index (κ1) is 19.0. The maximum atomic E-state index is 2.52. The molecule has 0 bridgehead atoms. The summed E-state index contributed by atoms with van der Waals surface area (Å²) in [5.74, 6) is 1.06. The third kappa shape index (κ3) is 3.78. The second kappa shape index (κ2) is 8.41. The summed E-state index contributed by atoms with van der Waals surface area (Å²) in [6, 6.07) is 25.1. The summed E-state index contributed by atoms with van der Waals surface area (Å²) in [6.07, 6.45) is 11.8. The zero-order valence-electron chi connectivity index (χ0n) is 16.9. The van der Waals surface area contributed by atoms with E-state index in [4.69, 9.17) is 0 Å². The summed E-state index contributed by atoms with van der Waals surface area (Å²) in [6.45, 7) is 2.31. The number of rotatable bonds is 6. The topological polar surface area (TPSA) is 0 Å². The van der Waals surface area contributed by atoms with Crippen molar-refractivity contribution in [2.24, 2.45) is 0 Å². The minimum absolute atomic E-state index is 0.422. The van der Waals surface area contributed by atoms with Gasteiger partial charge in [-0.15, -0.1) is 0 Å². The molecule has 0 aliphatic heterocycles. The van der Waals surface area contributed by atoms with Gasteiger partial charge in [-0.05, 0) is 0 Å². The van der Waals surface area contributed by atoms with Gasteiger partial charge in [0.15, 0.2) is 0 Å². The summed E-state index contributed by atoms with van der Waals surface area (Å²) in [5, 5.41) is 0. The molecule has 0 aromatic heterocycles. The molecule has 0 radical (unpaired) electrons. The molecule has 2 atom stereocenters. The molecule has 2 aliphatic carbocycles. The molecule has 0 N–H and O–H groups in total. The van der Waals surface area contributed by atoms with Gasteiger partial charge >= 0.3 is 187 Å². The van der Waals surface area contributed by atoms with E-state index < -0.39 is 23.2 Å². The molecule has 2 unspecified atom stereocenters. The molecule has 0 nitrogen and oxygen atoms in total. The van der Waals surface area contributed by atoms with Crippen molar-refractivity contribution in [2.45, 2.75) is 35.7 Å². The summed E-state index contributed by atoms with van der Waals surface area (Å²) < 4.78 is 3.06. The predicted molar refractivity (Wildman–Crippen MR) is 120 cm³/mol. The van der Waals surface area contributed by atoms with Gasteiger partial charge in [-0.2, -0.15) is 0 Å². The number of aryl methyl sites for hydroxylation is 1. The molecule has 2 aliphatic rings. The van der Waals surface area contributed by atoms with Crippen LogP contribution in [-0.4, -0.2) is 0 Å². The van der Waals surface area contributed by atoms with E-state index in [-0.39, 0.29) is 0 Å². The molecule has 1 heteroatoms. The van der Waals surface area contributed by atoms with Gasteiger partial charge in [0, 0.05) is 0 Å². The van der Waals surface area contributed by atoms with Crippen LogP contribution in [0.15, 0.2) is 78.9 Å². The maximum absolute atomic E-state index is 2.52. The Balaban J connectivity index is 1.37. The van der Waals surface area contributed by atoms with E-state index in [0.29, 0.717) is 11.8 Å². The van der Waals surface area contributed by atoms with Crippen LogP contribution in [0.3, 0.4) is 0 Å². The summed E-state index contributed by atoms with van der Waals surface area (Å²) in [7, 11) is 0. The first-order valence-electron chi connectivity index (χ1n) is 10.7. The van der Waals surface area contributed by atoms with E-state index in [0.717, 1.165) is 0 Å². The SMILES string of the molecule is CCCc1cc(C2C=Cc3ccccc32)cc[c]1[Zr][CH2]C1C=Cc2ccccc21. The van der Waals surface area contributed by atoms with Crippen LogP contribution in [0.4, 0.5) is 0 Å². The molecule has 0 heterocycles. The van der Waals surface area contributed by atoms with Crippen LogP contribution in [0.25, 0.3) is 12.2 Å². The zero-order valence-corrected chi connectivity index (χ0v) is 19.4. The minimum atomic E-state index is -0.619. The standard InChI is InChI=1S/C18H17.C10H9.Zr/c1-2-6-14-7-5-9-16(13-14)18-12-11-15-8-3-4-10-17(15)18;1-8-6-7-9-4-2-3-5-10(8)9;/h3-5,8-13,18H,2,6H2,1H3;2-8H,1H2;. The van der Waals surface area contributed by atoms with Gasteiger partial charge < -0.3 is 0 Å². The van der Waals surface area contributed by atoms with Crippen molar-refractivity contribution in [2.75, 3.05) is 0 Å². The molecule has 5 rings (SSSR count). The molecule has 0 saturated carbocycles. The average Bonchev–Trinajstić information content (AvgIpc) is 3.37. The molecular formula is C28H26Zr. The fraction of sp³-hybridized carbons (Fsp3) is 0.214. The monoisotopic (exact) mass is 452 g/mol. The second-order valence-corrected chi connectivity index (χ2v) is 11.3. The number of fused-ring (bicyclic) bond motifs is 2. The van der Waals surface area contributed by atoms with Gasteiger partial charge in [0.25, 0.3) is 0 Å². The van der Waals surface area contributed by atoms with Crippen LogP contribution >= 0.6 is 0 Å². The Kier molecular flexibility index (Phi) is 5.51. The Morgan fingerprint density at radius 2 is 1.52 bits per heavy atom. The van der Waals surface area contributed by atoms with Crippen molar-refractivity contribution in [1.82, 2.24) is 0 Å². The van der Waals surface area contributed by atoms with Crippen LogP contribution in [0.2, 0.25) is 4.13 Å². The first-order chi connectivity index (χ1) is 14.3. The molecule has 0 saturated heterocycles. The normalized spacial score (nSPS) is 18.7. The Labute approximate surface area is 185 Å². The van der Waals surface area contributed by atoms with Gasteiger partial charge in [0.2, 0.25) is 0 Å². The Hall–Kier alpha value is -1.98. The van der Waals surface area contributed by atoms with Crippen LogP contribution < -0.4 is 3.27 Å². The summed E-state index contributed by atoms with van der Waals surface area (Å²) >= 11 is -0.619. The summed E-state index contributed by atoms with van der Waals surface area (Å²) in [5.41, 5.74) is 8.87. The molecule has 0 fully saturated rings. The van der Waals surface area contributed by atoms with Crippen molar-refractivity contribution < 1.29 is 23.2 Å². The van der Waals surface area contributed by atoms with Crippen LogP contribution in [0.1, 0.15) is 58.6 Å². The van der Waals surface area contributed by atoms with Crippen molar-refractivity contribution in [3.8, 4) is 0 Å². The Morgan fingerprint density at radius 3 is 2.34 bits per heavy atom. The van der Waals surface area contributed by atoms with Gasteiger partial charge in [0.1, 0.15) is 0 Å². The number of benzene rings is 3. The fourth-order valence-corrected chi connectivity index (χ4v) is 8.21. The number of hydrogen-bond acceptors (Lipinski definition) is 0. The van der Waals surface area contributed by atoms with E-state index in [2.05, 4.69) is 98.0 Å². The molecule has 29 heavy (non-hydrogen) atoms. The first-order valence-corrected chi connectivity index (χ1v) is 13.7. The Morgan fingerprint density at radius 1 is 0.793 bits per heavy atom. The quantitative estimate of drug-likeness (QED) is 0.388. The van der Waals surface area contributed by atoms with Crippen molar-refractivity contribution in [3.05, 3.63) is 112 Å². The predicted octanol–water partition coefficient (Wildman–Crippen LogP) is 6.73. The van der Waals surface area contributed by atoms with Crippen LogP contribution in [0.5, 0.6) is 0 Å². The fourth-order valence-electron chi connectivity index (χ4n) is 4.72. The van der Waals surface area contributed by atoms with E-state index >= 15 is 0 Å². The second-order valence-electron chi connectivity index (χ2n) is 8.11. The van der Waals surface area contributed by atoms with E-state index in [1.54, 1.807) is 8.83 Å². The zero-order chi connectivity index (χ0) is 19.6. The van der Waals surface area contributed by atoms with E-state index in [9.17, 15) is 0 Å². The van der Waals surface area contributed by atoms with E-state index in [1.165, 1.54) is 44.8 Å². The molecule has 0 amide bonds. The third-order valence-corrected chi connectivity index (χ3v) is 9.94. The molecule has 0 spiro atoms. The van der Waals surface area contributed by atoms with Crippen molar-refractivity contribution in [3.63, 3.8) is 0 Å². The van der Waals surface area contributed by atoms with Crippen molar-refractivity contribution >= 4 is 15.4 Å². The molecule has 142 valence electrons. The van der Waals surface area contributed by atoms with Gasteiger partial charge in [-0.1, -0.05) is 0 Å². The van der Waals surface area contributed by atoms with Crippen LogP contribution in [-0.2, 0) is 29.7 Å². The number of allylic oxidation sites excluding steroid dienone is 2. The van der Waals surface area contributed by atoms with Gasteiger partial charge in [-0.3, -0.25) is 0 Å².